The van der Waals surface area contributed by atoms with E-state index in [-0.39, 0.29) is 12.2 Å². The Hall–Kier alpha value is -1.43. The first-order valence-corrected chi connectivity index (χ1v) is 6.40. The highest BCUT2D eigenvalue weighted by Gasteiger charge is 2.21. The van der Waals surface area contributed by atoms with E-state index in [9.17, 15) is 9.90 Å². The Balaban J connectivity index is 2.20. The Morgan fingerprint density at radius 2 is 2.11 bits per heavy atom. The largest absolute Gasteiger partial charge is 0.506 e. The highest BCUT2D eigenvalue weighted by Crippen LogP contribution is 2.45. The van der Waals surface area contributed by atoms with Crippen LogP contribution in [0.1, 0.15) is 18.4 Å². The van der Waals surface area contributed by atoms with Crippen LogP contribution in [0.15, 0.2) is 10.5 Å². The van der Waals surface area contributed by atoms with E-state index in [2.05, 4.69) is 15.9 Å². The lowest BCUT2D eigenvalue weighted by molar-refractivity contribution is -0.137. The number of fused-ring (bicyclic) bond motifs is 1. The van der Waals surface area contributed by atoms with E-state index >= 15 is 0 Å². The number of aromatic hydroxyl groups is 1. The number of ether oxygens (including phenoxy) is 2. The van der Waals surface area contributed by atoms with Gasteiger partial charge in [0.05, 0.1) is 0 Å². The molecule has 6 heteroatoms. The summed E-state index contributed by atoms with van der Waals surface area (Å²) in [5.74, 6) is 0.327. The molecule has 1 heterocycles. The number of carboxylic acid groups (broad SMARTS) is 1. The Kier molecular flexibility index (Phi) is 3.96. The van der Waals surface area contributed by atoms with Crippen LogP contribution in [0.2, 0.25) is 0 Å². The van der Waals surface area contributed by atoms with E-state index in [0.717, 1.165) is 0 Å². The van der Waals surface area contributed by atoms with Crippen molar-refractivity contribution in [2.45, 2.75) is 19.3 Å². The molecule has 5 nitrogen and oxygen atoms in total. The third-order valence-electron chi connectivity index (χ3n) is 2.66. The van der Waals surface area contributed by atoms with Crippen LogP contribution in [0.5, 0.6) is 17.2 Å². The third kappa shape index (κ3) is 2.69. The average Bonchev–Trinajstić information content (AvgIpc) is 2.35. The molecule has 0 spiro atoms. The Bertz CT molecular complexity index is 472. The Morgan fingerprint density at radius 1 is 1.39 bits per heavy atom. The second-order valence-electron chi connectivity index (χ2n) is 3.97. The number of hydrogen-bond donors (Lipinski definition) is 2. The summed E-state index contributed by atoms with van der Waals surface area (Å²) in [7, 11) is 0. The molecule has 18 heavy (non-hydrogen) atoms. The Labute approximate surface area is 112 Å². The summed E-state index contributed by atoms with van der Waals surface area (Å²) in [4.78, 5) is 10.5. The number of aryl methyl sites for hydroxylation is 1. The highest BCUT2D eigenvalue weighted by molar-refractivity contribution is 9.10. The zero-order valence-electron chi connectivity index (χ0n) is 9.61. The summed E-state index contributed by atoms with van der Waals surface area (Å²) in [6, 6.07) is 1.70. The van der Waals surface area contributed by atoms with E-state index < -0.39 is 5.97 Å². The minimum atomic E-state index is -0.842. The number of phenolic OH excluding ortho intramolecular Hbond substituents is 1. The van der Waals surface area contributed by atoms with Gasteiger partial charge in [0.1, 0.15) is 23.4 Å². The van der Waals surface area contributed by atoms with E-state index in [4.69, 9.17) is 14.6 Å². The standard InChI is InChI=1S/C12H13BrO5/c13-10-11(16)7(2-1-3-9(14)15)6-8-12(10)18-5-4-17-8/h6,16H,1-5H2,(H,14,15). The minimum absolute atomic E-state index is 0.0749. The van der Waals surface area contributed by atoms with Crippen molar-refractivity contribution in [2.24, 2.45) is 0 Å². The molecule has 98 valence electrons. The maximum absolute atomic E-state index is 10.5. The van der Waals surface area contributed by atoms with Crippen molar-refractivity contribution in [1.82, 2.24) is 0 Å². The summed E-state index contributed by atoms with van der Waals surface area (Å²) < 4.78 is 11.3. The molecule has 0 atom stereocenters. The molecule has 1 aromatic carbocycles. The summed E-state index contributed by atoms with van der Waals surface area (Å²) in [6.07, 6.45) is 1.02. The first kappa shape index (κ1) is 13.0. The van der Waals surface area contributed by atoms with Crippen molar-refractivity contribution in [2.75, 3.05) is 13.2 Å². The maximum atomic E-state index is 10.5. The molecule has 0 bridgehead atoms. The normalized spacial score (nSPS) is 13.4. The van der Waals surface area contributed by atoms with E-state index in [1.54, 1.807) is 6.07 Å². The zero-order chi connectivity index (χ0) is 13.1. The van der Waals surface area contributed by atoms with Gasteiger partial charge in [-0.25, -0.2) is 0 Å². The van der Waals surface area contributed by atoms with Gasteiger partial charge in [-0.2, -0.15) is 0 Å². The van der Waals surface area contributed by atoms with Gasteiger partial charge in [-0.05, 0) is 40.4 Å². The lowest BCUT2D eigenvalue weighted by atomic mass is 10.1. The SMILES string of the molecule is O=C(O)CCCc1cc2c(c(Br)c1O)OCCO2. The lowest BCUT2D eigenvalue weighted by Crippen LogP contribution is -2.16. The predicted octanol–water partition coefficient (Wildman–Crippen LogP) is 2.33. The van der Waals surface area contributed by atoms with E-state index in [0.29, 0.717) is 47.6 Å². The molecule has 2 N–H and O–H groups in total. The lowest BCUT2D eigenvalue weighted by Gasteiger charge is -2.21. The highest BCUT2D eigenvalue weighted by atomic mass is 79.9. The van der Waals surface area contributed by atoms with Crippen LogP contribution >= 0.6 is 15.9 Å². The van der Waals surface area contributed by atoms with Crippen LogP contribution in [0.3, 0.4) is 0 Å². The summed E-state index contributed by atoms with van der Waals surface area (Å²) >= 11 is 3.27. The van der Waals surface area contributed by atoms with Gasteiger partial charge in [0.15, 0.2) is 11.5 Å². The predicted molar refractivity (Wildman–Crippen MR) is 67.4 cm³/mol. The zero-order valence-corrected chi connectivity index (χ0v) is 11.2. The van der Waals surface area contributed by atoms with E-state index in [1.807, 2.05) is 0 Å². The fourth-order valence-corrected chi connectivity index (χ4v) is 2.37. The van der Waals surface area contributed by atoms with Gasteiger partial charge in [0.25, 0.3) is 0 Å². The first-order valence-electron chi connectivity index (χ1n) is 5.61. The number of aliphatic carboxylic acids is 1. The van der Waals surface area contributed by atoms with Gasteiger partial charge in [-0.15, -0.1) is 0 Å². The summed E-state index contributed by atoms with van der Waals surface area (Å²) in [5.41, 5.74) is 0.660. The van der Waals surface area contributed by atoms with Crippen LogP contribution in [0.25, 0.3) is 0 Å². The topological polar surface area (TPSA) is 76.0 Å². The molecule has 0 aromatic heterocycles. The van der Waals surface area contributed by atoms with Gasteiger partial charge in [0.2, 0.25) is 0 Å². The smallest absolute Gasteiger partial charge is 0.303 e. The number of phenols is 1. The number of carbonyl (C=O) groups is 1. The van der Waals surface area contributed by atoms with Crippen molar-refractivity contribution in [3.8, 4) is 17.2 Å². The number of hydrogen-bond acceptors (Lipinski definition) is 4. The number of rotatable bonds is 4. The maximum Gasteiger partial charge on any atom is 0.303 e. The summed E-state index contributed by atoms with van der Waals surface area (Å²) in [5, 5.41) is 18.6. The van der Waals surface area contributed by atoms with Gasteiger partial charge in [-0.1, -0.05) is 0 Å². The van der Waals surface area contributed by atoms with Gasteiger partial charge >= 0.3 is 5.97 Å². The average molecular weight is 317 g/mol. The number of benzene rings is 1. The molecule has 0 saturated heterocycles. The number of halogens is 1. The fourth-order valence-electron chi connectivity index (χ4n) is 1.81. The number of carboxylic acids is 1. The van der Waals surface area contributed by atoms with Crippen LogP contribution < -0.4 is 9.47 Å². The van der Waals surface area contributed by atoms with Crippen LogP contribution in [0.4, 0.5) is 0 Å². The molecule has 0 radical (unpaired) electrons. The molecule has 1 aromatic rings. The molecule has 2 rings (SSSR count). The van der Waals surface area contributed by atoms with Crippen LogP contribution in [-0.2, 0) is 11.2 Å². The molecule has 0 fully saturated rings. The fraction of sp³-hybridized carbons (Fsp3) is 0.417. The van der Waals surface area contributed by atoms with Gasteiger partial charge < -0.3 is 19.7 Å². The summed E-state index contributed by atoms with van der Waals surface area (Å²) in [6.45, 7) is 0.919. The molecule has 1 aliphatic rings. The van der Waals surface area contributed by atoms with E-state index in [1.165, 1.54) is 0 Å². The molecule has 0 unspecified atom stereocenters. The molecule has 1 aliphatic heterocycles. The minimum Gasteiger partial charge on any atom is -0.506 e. The first-order chi connectivity index (χ1) is 8.59. The van der Waals surface area contributed by atoms with Crippen molar-refractivity contribution >= 4 is 21.9 Å². The van der Waals surface area contributed by atoms with Gasteiger partial charge in [0, 0.05) is 6.42 Å². The van der Waals surface area contributed by atoms with Gasteiger partial charge in [-0.3, -0.25) is 4.79 Å². The molecule has 0 aliphatic carbocycles. The van der Waals surface area contributed by atoms with Crippen LogP contribution in [-0.4, -0.2) is 29.4 Å². The third-order valence-corrected chi connectivity index (χ3v) is 3.40. The second kappa shape index (κ2) is 5.48. The van der Waals surface area contributed by atoms with Crippen LogP contribution in [0, 0.1) is 0 Å². The Morgan fingerprint density at radius 3 is 2.83 bits per heavy atom. The van der Waals surface area contributed by atoms with Crippen molar-refractivity contribution in [3.05, 3.63) is 16.1 Å². The molecule has 0 amide bonds. The van der Waals surface area contributed by atoms with Crippen molar-refractivity contribution in [3.63, 3.8) is 0 Å². The van der Waals surface area contributed by atoms with Crippen molar-refractivity contribution in [1.29, 1.82) is 0 Å². The molecule has 0 saturated carbocycles. The van der Waals surface area contributed by atoms with Crippen molar-refractivity contribution < 1.29 is 24.5 Å². The second-order valence-corrected chi connectivity index (χ2v) is 4.76. The quantitative estimate of drug-likeness (QED) is 0.891. The monoisotopic (exact) mass is 316 g/mol. The molecular formula is C12H13BrO5. The molecular weight excluding hydrogens is 304 g/mol.